The average Bonchev–Trinajstić information content (AvgIpc) is 2.65. The summed E-state index contributed by atoms with van der Waals surface area (Å²) in [5.74, 6) is 1.16. The monoisotopic (exact) mass is 527 g/mol. The molecular weight excluding hydrogens is 494 g/mol. The van der Waals surface area contributed by atoms with Crippen molar-refractivity contribution in [1.82, 2.24) is 20.4 Å². The lowest BCUT2D eigenvalue weighted by Gasteiger charge is -2.34. The first kappa shape index (κ1) is 26.0. The summed E-state index contributed by atoms with van der Waals surface area (Å²) in [4.78, 5) is 9.33. The third kappa shape index (κ3) is 9.52. The van der Waals surface area contributed by atoms with E-state index in [1.165, 1.54) is 12.1 Å². The van der Waals surface area contributed by atoms with Crippen molar-refractivity contribution in [2.24, 2.45) is 10.9 Å². The Morgan fingerprint density at radius 1 is 1.10 bits per heavy atom. The van der Waals surface area contributed by atoms with Gasteiger partial charge in [0.2, 0.25) is 0 Å². The molecule has 1 unspecified atom stereocenters. The van der Waals surface area contributed by atoms with Crippen LogP contribution in [0, 0.1) is 5.92 Å². The average molecular weight is 527 g/mol. The van der Waals surface area contributed by atoms with Crippen LogP contribution in [0.5, 0.6) is 0 Å². The van der Waals surface area contributed by atoms with Crippen LogP contribution in [0.1, 0.15) is 25.0 Å². The van der Waals surface area contributed by atoms with Gasteiger partial charge in [-0.2, -0.15) is 13.2 Å². The molecule has 1 saturated heterocycles. The van der Waals surface area contributed by atoms with Crippen molar-refractivity contribution in [3.8, 4) is 0 Å². The summed E-state index contributed by atoms with van der Waals surface area (Å²) in [6, 6.07) is 5.16. The maximum Gasteiger partial charge on any atom is 0.416 e. The number of piperazine rings is 1. The van der Waals surface area contributed by atoms with Gasteiger partial charge in [-0.25, -0.2) is 4.99 Å². The second-order valence-corrected chi connectivity index (χ2v) is 7.48. The summed E-state index contributed by atoms with van der Waals surface area (Å²) in [5.41, 5.74) is 0.110. The van der Waals surface area contributed by atoms with Gasteiger partial charge in [0, 0.05) is 45.8 Å². The van der Waals surface area contributed by atoms with Crippen molar-refractivity contribution >= 4 is 29.9 Å². The summed E-state index contributed by atoms with van der Waals surface area (Å²) in [5, 5.41) is 6.54. The number of benzene rings is 1. The number of rotatable bonds is 7. The lowest BCUT2D eigenvalue weighted by Crippen LogP contribution is -2.47. The van der Waals surface area contributed by atoms with E-state index in [2.05, 4.69) is 39.4 Å². The Labute approximate surface area is 189 Å². The van der Waals surface area contributed by atoms with E-state index >= 15 is 0 Å². The lowest BCUT2D eigenvalue weighted by molar-refractivity contribution is -0.137. The molecule has 0 amide bonds. The number of nitrogens with one attached hydrogen (secondary N) is 2. The molecule has 0 saturated carbocycles. The van der Waals surface area contributed by atoms with Crippen LogP contribution in [0.25, 0.3) is 0 Å². The Morgan fingerprint density at radius 3 is 2.28 bits per heavy atom. The molecule has 0 bridgehead atoms. The minimum atomic E-state index is -4.31. The quantitative estimate of drug-likeness (QED) is 0.325. The van der Waals surface area contributed by atoms with E-state index in [-0.39, 0.29) is 24.0 Å². The van der Waals surface area contributed by atoms with Gasteiger partial charge in [0.1, 0.15) is 0 Å². The van der Waals surface area contributed by atoms with Gasteiger partial charge in [0.05, 0.1) is 12.1 Å². The zero-order valence-electron chi connectivity index (χ0n) is 17.4. The number of nitrogens with zero attached hydrogens (tertiary/aromatic N) is 3. The van der Waals surface area contributed by atoms with Crippen LogP contribution >= 0.6 is 24.0 Å². The molecule has 2 N–H and O–H groups in total. The minimum absolute atomic E-state index is 0. The first-order chi connectivity index (χ1) is 13.3. The van der Waals surface area contributed by atoms with Crippen LogP contribution in [0.3, 0.4) is 0 Å². The van der Waals surface area contributed by atoms with E-state index in [1.807, 2.05) is 6.92 Å². The van der Waals surface area contributed by atoms with Gasteiger partial charge in [0.25, 0.3) is 0 Å². The van der Waals surface area contributed by atoms with Gasteiger partial charge < -0.3 is 20.4 Å². The molecule has 1 fully saturated rings. The summed E-state index contributed by atoms with van der Waals surface area (Å²) in [7, 11) is 2.15. The number of hydrogen-bond donors (Lipinski definition) is 2. The van der Waals surface area contributed by atoms with Crippen molar-refractivity contribution in [3.05, 3.63) is 35.4 Å². The van der Waals surface area contributed by atoms with E-state index in [4.69, 9.17) is 0 Å². The maximum absolute atomic E-state index is 12.6. The van der Waals surface area contributed by atoms with E-state index in [9.17, 15) is 13.2 Å². The zero-order chi connectivity index (χ0) is 20.6. The van der Waals surface area contributed by atoms with Crippen LogP contribution < -0.4 is 10.6 Å². The second-order valence-electron chi connectivity index (χ2n) is 7.48. The Hall–Kier alpha value is -1.07. The summed E-state index contributed by atoms with van der Waals surface area (Å²) < 4.78 is 37.9. The fourth-order valence-corrected chi connectivity index (χ4v) is 3.12. The molecule has 1 aromatic rings. The van der Waals surface area contributed by atoms with Gasteiger partial charge in [-0.3, -0.25) is 0 Å². The summed E-state index contributed by atoms with van der Waals surface area (Å²) in [6.07, 6.45) is -4.31. The highest BCUT2D eigenvalue weighted by molar-refractivity contribution is 14.0. The van der Waals surface area contributed by atoms with Crippen LogP contribution in [0.15, 0.2) is 29.3 Å². The molecule has 0 radical (unpaired) electrons. The molecule has 1 aliphatic heterocycles. The zero-order valence-corrected chi connectivity index (χ0v) is 19.8. The smallest absolute Gasteiger partial charge is 0.357 e. The highest BCUT2D eigenvalue weighted by atomic mass is 127. The van der Waals surface area contributed by atoms with Gasteiger partial charge in [-0.1, -0.05) is 19.1 Å². The molecule has 9 heteroatoms. The second kappa shape index (κ2) is 12.6. The molecule has 1 aliphatic rings. The Morgan fingerprint density at radius 2 is 1.72 bits per heavy atom. The first-order valence-corrected chi connectivity index (χ1v) is 9.87. The largest absolute Gasteiger partial charge is 0.416 e. The molecule has 5 nitrogen and oxygen atoms in total. The predicted molar refractivity (Wildman–Crippen MR) is 123 cm³/mol. The topological polar surface area (TPSA) is 42.9 Å². The third-order valence-electron chi connectivity index (χ3n) is 4.83. The SMILES string of the molecule is CCNC(=NCc1ccc(C(F)(F)F)cc1)NCC(C)CN1CCN(C)CC1.I. The Balaban J connectivity index is 0.00000420. The van der Waals surface area contributed by atoms with Crippen molar-refractivity contribution in [3.63, 3.8) is 0 Å². The molecule has 1 heterocycles. The molecular formula is C20H33F3IN5. The standard InChI is InChI=1S/C20H32F3N5.HI/c1-4-24-19(25-13-16(2)15-28-11-9-27(3)10-12-28)26-14-17-5-7-18(8-6-17)20(21,22)23;/h5-8,16H,4,9-15H2,1-3H3,(H2,24,25,26);1H. The van der Waals surface area contributed by atoms with Crippen molar-refractivity contribution in [1.29, 1.82) is 0 Å². The normalized spacial score (nSPS) is 17.5. The van der Waals surface area contributed by atoms with E-state index in [0.29, 0.717) is 18.4 Å². The molecule has 0 aliphatic carbocycles. The van der Waals surface area contributed by atoms with Crippen molar-refractivity contribution in [2.45, 2.75) is 26.6 Å². The molecule has 29 heavy (non-hydrogen) atoms. The fourth-order valence-electron chi connectivity index (χ4n) is 3.12. The number of likely N-dealkylation sites (N-methyl/N-ethyl adjacent to an activating group) is 1. The van der Waals surface area contributed by atoms with Crippen molar-refractivity contribution in [2.75, 3.05) is 52.9 Å². The van der Waals surface area contributed by atoms with Crippen LogP contribution in [0.4, 0.5) is 13.2 Å². The minimum Gasteiger partial charge on any atom is -0.357 e. The number of halogens is 4. The number of aliphatic imine (C=N–C) groups is 1. The van der Waals surface area contributed by atoms with Gasteiger partial charge in [0.15, 0.2) is 5.96 Å². The number of guanidine groups is 1. The van der Waals surface area contributed by atoms with E-state index < -0.39 is 11.7 Å². The van der Waals surface area contributed by atoms with Crippen LogP contribution in [0.2, 0.25) is 0 Å². The van der Waals surface area contributed by atoms with Crippen LogP contribution in [-0.2, 0) is 12.7 Å². The number of hydrogen-bond acceptors (Lipinski definition) is 3. The first-order valence-electron chi connectivity index (χ1n) is 9.87. The molecule has 1 atom stereocenters. The molecule has 1 aromatic carbocycles. The maximum atomic E-state index is 12.6. The summed E-state index contributed by atoms with van der Waals surface area (Å²) >= 11 is 0. The highest BCUT2D eigenvalue weighted by Gasteiger charge is 2.29. The Kier molecular flexibility index (Phi) is 11.3. The molecule has 166 valence electrons. The van der Waals surface area contributed by atoms with E-state index in [0.717, 1.165) is 63.5 Å². The van der Waals surface area contributed by atoms with Gasteiger partial charge >= 0.3 is 6.18 Å². The van der Waals surface area contributed by atoms with Crippen molar-refractivity contribution < 1.29 is 13.2 Å². The highest BCUT2D eigenvalue weighted by Crippen LogP contribution is 2.29. The Bertz CT molecular complexity index is 614. The number of alkyl halides is 3. The van der Waals surface area contributed by atoms with Gasteiger partial charge in [-0.15, -0.1) is 24.0 Å². The lowest BCUT2D eigenvalue weighted by atomic mass is 10.1. The summed E-state index contributed by atoms with van der Waals surface area (Å²) in [6.45, 7) is 11.5. The molecule has 0 aromatic heterocycles. The third-order valence-corrected chi connectivity index (χ3v) is 4.83. The molecule has 0 spiro atoms. The fraction of sp³-hybridized carbons (Fsp3) is 0.650. The predicted octanol–water partition coefficient (Wildman–Crippen LogP) is 3.26. The van der Waals surface area contributed by atoms with Crippen LogP contribution in [-0.4, -0.2) is 68.6 Å². The van der Waals surface area contributed by atoms with Gasteiger partial charge in [-0.05, 0) is 37.6 Å². The molecule has 2 rings (SSSR count). The van der Waals surface area contributed by atoms with E-state index in [1.54, 1.807) is 0 Å².